The van der Waals surface area contributed by atoms with Crippen molar-refractivity contribution in [3.63, 3.8) is 0 Å². The normalized spacial score (nSPS) is 18.9. The van der Waals surface area contributed by atoms with Gasteiger partial charge in [0.2, 0.25) is 15.9 Å². The SMILES string of the molecule is O=C(/C=C/c1cccnc1)Nc1ccc(S(=O)(=O)NC2CCS(=O)(=O)C2)cc1. The van der Waals surface area contributed by atoms with E-state index in [0.717, 1.165) is 5.56 Å². The smallest absolute Gasteiger partial charge is 0.248 e. The van der Waals surface area contributed by atoms with E-state index in [1.54, 1.807) is 30.6 Å². The van der Waals surface area contributed by atoms with Gasteiger partial charge in [0.15, 0.2) is 9.84 Å². The van der Waals surface area contributed by atoms with Crippen LogP contribution in [0.25, 0.3) is 6.08 Å². The van der Waals surface area contributed by atoms with Crippen LogP contribution in [0.2, 0.25) is 0 Å². The number of hydrogen-bond acceptors (Lipinski definition) is 6. The van der Waals surface area contributed by atoms with Crippen LogP contribution in [0.15, 0.2) is 59.8 Å². The van der Waals surface area contributed by atoms with Crippen molar-refractivity contribution in [2.75, 3.05) is 16.8 Å². The first-order valence-corrected chi connectivity index (χ1v) is 11.8. The number of pyridine rings is 1. The monoisotopic (exact) mass is 421 g/mol. The summed E-state index contributed by atoms with van der Waals surface area (Å²) in [5, 5.41) is 2.63. The van der Waals surface area contributed by atoms with Crippen LogP contribution >= 0.6 is 0 Å². The topological polar surface area (TPSA) is 122 Å². The number of carbonyl (C=O) groups excluding carboxylic acids is 1. The van der Waals surface area contributed by atoms with Crippen molar-refractivity contribution in [3.8, 4) is 0 Å². The summed E-state index contributed by atoms with van der Waals surface area (Å²) >= 11 is 0. The zero-order chi connectivity index (χ0) is 20.2. The summed E-state index contributed by atoms with van der Waals surface area (Å²) in [5.41, 5.74) is 1.21. The Bertz CT molecular complexity index is 1080. The molecule has 2 N–H and O–H groups in total. The Morgan fingerprint density at radius 3 is 2.54 bits per heavy atom. The number of hydrogen-bond donors (Lipinski definition) is 2. The maximum atomic E-state index is 12.4. The molecule has 1 aromatic heterocycles. The van der Waals surface area contributed by atoms with Crippen molar-refractivity contribution < 1.29 is 21.6 Å². The number of amides is 1. The van der Waals surface area contributed by atoms with Gasteiger partial charge in [-0.3, -0.25) is 9.78 Å². The Morgan fingerprint density at radius 2 is 1.93 bits per heavy atom. The molecule has 148 valence electrons. The maximum absolute atomic E-state index is 12.4. The van der Waals surface area contributed by atoms with Crippen LogP contribution in [-0.2, 0) is 24.7 Å². The molecule has 2 heterocycles. The van der Waals surface area contributed by atoms with Crippen LogP contribution < -0.4 is 10.0 Å². The highest BCUT2D eigenvalue weighted by Crippen LogP contribution is 2.18. The van der Waals surface area contributed by atoms with Crippen LogP contribution in [0.4, 0.5) is 5.69 Å². The van der Waals surface area contributed by atoms with Crippen LogP contribution in [-0.4, -0.2) is 45.3 Å². The molecule has 1 amide bonds. The fourth-order valence-corrected chi connectivity index (χ4v) is 5.77. The molecule has 1 unspecified atom stereocenters. The van der Waals surface area contributed by atoms with Gasteiger partial charge >= 0.3 is 0 Å². The van der Waals surface area contributed by atoms with E-state index in [1.807, 2.05) is 0 Å². The Kier molecular flexibility index (Phi) is 5.92. The minimum Gasteiger partial charge on any atom is -0.323 e. The molecule has 1 fully saturated rings. The average molecular weight is 422 g/mol. The molecule has 3 rings (SSSR count). The standard InChI is InChI=1S/C18H19N3O5S2/c22-18(8-3-14-2-1-10-19-12-14)20-15-4-6-17(7-5-15)28(25,26)21-16-9-11-27(23,24)13-16/h1-8,10,12,16,21H,9,11,13H2,(H,20,22)/b8-3+. The molecular weight excluding hydrogens is 402 g/mol. The molecule has 1 aliphatic heterocycles. The Morgan fingerprint density at radius 1 is 1.18 bits per heavy atom. The first-order valence-electron chi connectivity index (χ1n) is 8.45. The third-order valence-corrected chi connectivity index (χ3v) is 7.40. The highest BCUT2D eigenvalue weighted by Gasteiger charge is 2.31. The third-order valence-electron chi connectivity index (χ3n) is 4.10. The second kappa shape index (κ2) is 8.21. The van der Waals surface area contributed by atoms with Crippen molar-refractivity contribution in [2.45, 2.75) is 17.4 Å². The number of sulfone groups is 1. The van der Waals surface area contributed by atoms with Gasteiger partial charge in [0.25, 0.3) is 0 Å². The first-order chi connectivity index (χ1) is 13.2. The number of nitrogens with one attached hydrogen (secondary N) is 2. The molecule has 28 heavy (non-hydrogen) atoms. The van der Waals surface area contributed by atoms with Gasteiger partial charge in [-0.05, 0) is 48.4 Å². The van der Waals surface area contributed by atoms with Gasteiger partial charge < -0.3 is 5.32 Å². The average Bonchev–Trinajstić information content (AvgIpc) is 2.99. The van der Waals surface area contributed by atoms with Crippen molar-refractivity contribution in [2.24, 2.45) is 0 Å². The molecular formula is C18H19N3O5S2. The van der Waals surface area contributed by atoms with Crippen molar-refractivity contribution in [1.82, 2.24) is 9.71 Å². The molecule has 1 aliphatic rings. The zero-order valence-electron chi connectivity index (χ0n) is 14.8. The molecule has 1 aromatic carbocycles. The van der Waals surface area contributed by atoms with E-state index < -0.39 is 25.9 Å². The summed E-state index contributed by atoms with van der Waals surface area (Å²) < 4.78 is 50.1. The van der Waals surface area contributed by atoms with E-state index in [0.29, 0.717) is 5.69 Å². The van der Waals surface area contributed by atoms with E-state index in [2.05, 4.69) is 15.0 Å². The quantitative estimate of drug-likeness (QED) is 0.676. The van der Waals surface area contributed by atoms with Crippen molar-refractivity contribution in [1.29, 1.82) is 0 Å². The number of anilines is 1. The van der Waals surface area contributed by atoms with Crippen LogP contribution in [0.5, 0.6) is 0 Å². The number of rotatable bonds is 6. The summed E-state index contributed by atoms with van der Waals surface area (Å²) in [4.78, 5) is 15.9. The Labute approximate surface area is 163 Å². The van der Waals surface area contributed by atoms with Crippen molar-refractivity contribution in [3.05, 3.63) is 60.4 Å². The van der Waals surface area contributed by atoms with E-state index in [-0.39, 0.29) is 28.7 Å². The predicted molar refractivity (Wildman–Crippen MR) is 106 cm³/mol. The number of nitrogens with zero attached hydrogens (tertiary/aromatic N) is 1. The molecule has 10 heteroatoms. The number of carbonyl (C=O) groups is 1. The lowest BCUT2D eigenvalue weighted by atomic mass is 10.2. The molecule has 0 spiro atoms. The fraction of sp³-hybridized carbons (Fsp3) is 0.222. The highest BCUT2D eigenvalue weighted by atomic mass is 32.2. The van der Waals surface area contributed by atoms with Gasteiger partial charge in [0.1, 0.15) is 0 Å². The van der Waals surface area contributed by atoms with Gasteiger partial charge in [0.05, 0.1) is 16.4 Å². The number of sulfonamides is 1. The molecule has 2 aromatic rings. The Hall–Kier alpha value is -2.56. The summed E-state index contributed by atoms with van der Waals surface area (Å²) in [6.07, 6.45) is 6.48. The molecule has 8 nitrogen and oxygen atoms in total. The third kappa shape index (κ3) is 5.47. The number of benzene rings is 1. The van der Waals surface area contributed by atoms with Gasteiger partial charge in [-0.1, -0.05) is 6.07 Å². The second-order valence-electron chi connectivity index (χ2n) is 6.35. The summed E-state index contributed by atoms with van der Waals surface area (Å²) in [6, 6.07) is 8.58. The minimum atomic E-state index is -3.83. The lowest BCUT2D eigenvalue weighted by Crippen LogP contribution is -2.35. The van der Waals surface area contributed by atoms with Crippen LogP contribution in [0.1, 0.15) is 12.0 Å². The van der Waals surface area contributed by atoms with E-state index in [9.17, 15) is 21.6 Å². The lowest BCUT2D eigenvalue weighted by Gasteiger charge is -2.12. The fourth-order valence-electron chi connectivity index (χ4n) is 2.72. The van der Waals surface area contributed by atoms with Gasteiger partial charge in [0, 0.05) is 30.2 Å². The van der Waals surface area contributed by atoms with Crippen molar-refractivity contribution >= 4 is 37.5 Å². The molecule has 0 aliphatic carbocycles. The molecule has 0 saturated carbocycles. The maximum Gasteiger partial charge on any atom is 0.248 e. The van der Waals surface area contributed by atoms with Crippen LogP contribution in [0.3, 0.4) is 0 Å². The summed E-state index contributed by atoms with van der Waals surface area (Å²) in [7, 11) is -7.01. The first kappa shape index (κ1) is 20.2. The Balaban J connectivity index is 1.61. The minimum absolute atomic E-state index is 0.000647. The molecule has 0 radical (unpaired) electrons. The molecule has 1 atom stereocenters. The van der Waals surface area contributed by atoms with Gasteiger partial charge in [-0.15, -0.1) is 0 Å². The summed E-state index contributed by atoms with van der Waals surface area (Å²) in [5.74, 6) is -0.574. The molecule has 1 saturated heterocycles. The van der Waals surface area contributed by atoms with Gasteiger partial charge in [-0.2, -0.15) is 0 Å². The van der Waals surface area contributed by atoms with E-state index >= 15 is 0 Å². The van der Waals surface area contributed by atoms with E-state index in [1.165, 1.54) is 30.3 Å². The largest absolute Gasteiger partial charge is 0.323 e. The van der Waals surface area contributed by atoms with E-state index in [4.69, 9.17) is 0 Å². The lowest BCUT2D eigenvalue weighted by molar-refractivity contribution is -0.111. The number of aromatic nitrogens is 1. The van der Waals surface area contributed by atoms with Gasteiger partial charge in [-0.25, -0.2) is 21.6 Å². The predicted octanol–water partition coefficient (Wildman–Crippen LogP) is 1.20. The second-order valence-corrected chi connectivity index (χ2v) is 10.3. The zero-order valence-corrected chi connectivity index (χ0v) is 16.4. The molecule has 0 bridgehead atoms. The van der Waals surface area contributed by atoms with Crippen LogP contribution in [0, 0.1) is 0 Å². The highest BCUT2D eigenvalue weighted by molar-refractivity contribution is 7.92. The summed E-state index contributed by atoms with van der Waals surface area (Å²) in [6.45, 7) is 0.